The van der Waals surface area contributed by atoms with Crippen molar-refractivity contribution in [2.24, 2.45) is 11.7 Å². The van der Waals surface area contributed by atoms with E-state index in [4.69, 9.17) is 5.73 Å². The second-order valence-electron chi connectivity index (χ2n) is 5.86. The van der Waals surface area contributed by atoms with Gasteiger partial charge in [-0.15, -0.1) is 11.3 Å². The Labute approximate surface area is 115 Å². The number of aromatic nitrogens is 1. The molecule has 0 aliphatic heterocycles. The Bertz CT molecular complexity index is 320. The van der Waals surface area contributed by atoms with E-state index < -0.39 is 0 Å². The molecular formula is C14H27N3S. The first-order valence-electron chi connectivity index (χ1n) is 6.82. The number of rotatable bonds is 8. The van der Waals surface area contributed by atoms with Crippen LogP contribution >= 0.6 is 11.3 Å². The molecule has 3 N–H and O–H groups in total. The summed E-state index contributed by atoms with van der Waals surface area (Å²) in [6.45, 7) is 9.80. The van der Waals surface area contributed by atoms with Crippen LogP contribution in [0.1, 0.15) is 52.0 Å². The molecule has 0 aliphatic carbocycles. The van der Waals surface area contributed by atoms with Gasteiger partial charge in [-0.25, -0.2) is 4.98 Å². The molecule has 2 unspecified atom stereocenters. The van der Waals surface area contributed by atoms with Gasteiger partial charge in [-0.05, 0) is 46.1 Å². The maximum atomic E-state index is 5.76. The minimum Gasteiger partial charge on any atom is -0.328 e. The fourth-order valence-corrected chi connectivity index (χ4v) is 2.67. The molecule has 2 atom stereocenters. The maximum Gasteiger partial charge on any atom is 0.112 e. The third-order valence-electron chi connectivity index (χ3n) is 3.22. The van der Waals surface area contributed by atoms with E-state index in [0.717, 1.165) is 18.0 Å². The van der Waals surface area contributed by atoms with Crippen LogP contribution in [0.5, 0.6) is 0 Å². The number of thiazole rings is 1. The zero-order chi connectivity index (χ0) is 13.6. The summed E-state index contributed by atoms with van der Waals surface area (Å²) in [4.78, 5) is 4.39. The van der Waals surface area contributed by atoms with Crippen LogP contribution in [0, 0.1) is 5.92 Å². The topological polar surface area (TPSA) is 50.9 Å². The Morgan fingerprint density at radius 1 is 1.39 bits per heavy atom. The van der Waals surface area contributed by atoms with Crippen molar-refractivity contribution in [3.05, 3.63) is 16.6 Å². The van der Waals surface area contributed by atoms with Gasteiger partial charge in [0.2, 0.25) is 0 Å². The van der Waals surface area contributed by atoms with Crippen LogP contribution < -0.4 is 11.1 Å². The van der Waals surface area contributed by atoms with Crippen LogP contribution in [-0.2, 0) is 5.54 Å². The van der Waals surface area contributed by atoms with E-state index in [1.165, 1.54) is 12.8 Å². The molecule has 0 aliphatic rings. The predicted octanol–water partition coefficient (Wildman–Crippen LogP) is 3.12. The lowest BCUT2D eigenvalue weighted by atomic mass is 10.00. The van der Waals surface area contributed by atoms with Gasteiger partial charge in [0.25, 0.3) is 0 Å². The van der Waals surface area contributed by atoms with Gasteiger partial charge >= 0.3 is 0 Å². The van der Waals surface area contributed by atoms with E-state index in [1.54, 1.807) is 11.3 Å². The van der Waals surface area contributed by atoms with Crippen LogP contribution in [0.15, 0.2) is 11.6 Å². The van der Waals surface area contributed by atoms with Crippen LogP contribution in [0.4, 0.5) is 0 Å². The van der Waals surface area contributed by atoms with Gasteiger partial charge in [0.05, 0.1) is 5.54 Å². The zero-order valence-electron chi connectivity index (χ0n) is 12.1. The lowest BCUT2D eigenvalue weighted by Crippen LogP contribution is -2.39. The summed E-state index contributed by atoms with van der Waals surface area (Å²) in [6, 6.07) is 0.330. The normalized spacial score (nSPS) is 15.6. The highest BCUT2D eigenvalue weighted by atomic mass is 32.1. The van der Waals surface area contributed by atoms with Crippen LogP contribution in [0.2, 0.25) is 0 Å². The van der Waals surface area contributed by atoms with Gasteiger partial charge < -0.3 is 11.1 Å². The van der Waals surface area contributed by atoms with E-state index in [1.807, 2.05) is 11.6 Å². The molecule has 0 aromatic carbocycles. The highest BCUT2D eigenvalue weighted by Crippen LogP contribution is 2.22. The molecular weight excluding hydrogens is 242 g/mol. The molecule has 0 fully saturated rings. The second kappa shape index (κ2) is 7.22. The first kappa shape index (κ1) is 15.6. The molecule has 1 aromatic rings. The maximum absolute atomic E-state index is 5.76. The highest BCUT2D eigenvalue weighted by Gasteiger charge is 2.22. The van der Waals surface area contributed by atoms with Crippen molar-refractivity contribution >= 4 is 11.3 Å². The van der Waals surface area contributed by atoms with Crippen molar-refractivity contribution in [1.82, 2.24) is 10.3 Å². The molecule has 0 bridgehead atoms. The molecule has 3 nitrogen and oxygen atoms in total. The quantitative estimate of drug-likeness (QED) is 0.762. The Hall–Kier alpha value is -0.450. The van der Waals surface area contributed by atoms with Crippen LogP contribution in [-0.4, -0.2) is 17.6 Å². The van der Waals surface area contributed by atoms with Crippen molar-refractivity contribution in [1.29, 1.82) is 0 Å². The van der Waals surface area contributed by atoms with Gasteiger partial charge in [0.15, 0.2) is 0 Å². The summed E-state index contributed by atoms with van der Waals surface area (Å²) in [6.07, 6.45) is 5.45. The third kappa shape index (κ3) is 5.46. The fourth-order valence-electron chi connectivity index (χ4n) is 1.93. The van der Waals surface area contributed by atoms with E-state index >= 15 is 0 Å². The van der Waals surface area contributed by atoms with Gasteiger partial charge in [0.1, 0.15) is 5.01 Å². The number of hydrogen-bond acceptors (Lipinski definition) is 4. The molecule has 0 saturated carbocycles. The van der Waals surface area contributed by atoms with Gasteiger partial charge in [0, 0.05) is 17.6 Å². The van der Waals surface area contributed by atoms with Crippen molar-refractivity contribution in [2.45, 2.75) is 58.5 Å². The number of nitrogens with zero attached hydrogens (tertiary/aromatic N) is 1. The monoisotopic (exact) mass is 269 g/mol. The minimum atomic E-state index is -0.0242. The fraction of sp³-hybridized carbons (Fsp3) is 0.786. The average molecular weight is 269 g/mol. The van der Waals surface area contributed by atoms with Crippen molar-refractivity contribution in [3.63, 3.8) is 0 Å². The SMILES string of the molecule is CC(N)CCCC(C)CNC(C)(C)c1nccs1. The number of nitrogens with two attached hydrogens (primary N) is 1. The van der Waals surface area contributed by atoms with Crippen LogP contribution in [0.3, 0.4) is 0 Å². The minimum absolute atomic E-state index is 0.0242. The Kier molecular flexibility index (Phi) is 6.26. The lowest BCUT2D eigenvalue weighted by Gasteiger charge is -2.26. The summed E-state index contributed by atoms with van der Waals surface area (Å²) in [5.41, 5.74) is 5.74. The van der Waals surface area contributed by atoms with E-state index in [2.05, 4.69) is 38.0 Å². The summed E-state index contributed by atoms with van der Waals surface area (Å²) >= 11 is 1.71. The van der Waals surface area contributed by atoms with Crippen molar-refractivity contribution in [3.8, 4) is 0 Å². The standard InChI is InChI=1S/C14H27N3S/c1-11(6-5-7-12(2)15)10-17-14(3,4)13-16-8-9-18-13/h8-9,11-12,17H,5-7,10,15H2,1-4H3. The molecule has 0 amide bonds. The molecule has 1 heterocycles. The van der Waals surface area contributed by atoms with E-state index in [-0.39, 0.29) is 5.54 Å². The molecule has 18 heavy (non-hydrogen) atoms. The average Bonchev–Trinajstić information content (AvgIpc) is 2.80. The zero-order valence-corrected chi connectivity index (χ0v) is 12.9. The van der Waals surface area contributed by atoms with Crippen molar-refractivity contribution < 1.29 is 0 Å². The lowest BCUT2D eigenvalue weighted by molar-refractivity contribution is 0.348. The number of hydrogen-bond donors (Lipinski definition) is 2. The molecule has 0 spiro atoms. The molecule has 0 radical (unpaired) electrons. The van der Waals surface area contributed by atoms with Crippen molar-refractivity contribution in [2.75, 3.05) is 6.54 Å². The molecule has 1 rings (SSSR count). The molecule has 104 valence electrons. The number of nitrogens with one attached hydrogen (secondary N) is 1. The van der Waals surface area contributed by atoms with Gasteiger partial charge in [-0.3, -0.25) is 0 Å². The largest absolute Gasteiger partial charge is 0.328 e. The Morgan fingerprint density at radius 3 is 2.67 bits per heavy atom. The summed E-state index contributed by atoms with van der Waals surface area (Å²) in [5, 5.41) is 6.81. The molecule has 4 heteroatoms. The predicted molar refractivity (Wildman–Crippen MR) is 79.8 cm³/mol. The van der Waals surface area contributed by atoms with Gasteiger partial charge in [-0.2, -0.15) is 0 Å². The first-order chi connectivity index (χ1) is 8.42. The highest BCUT2D eigenvalue weighted by molar-refractivity contribution is 7.09. The van der Waals surface area contributed by atoms with E-state index in [9.17, 15) is 0 Å². The Morgan fingerprint density at radius 2 is 2.11 bits per heavy atom. The first-order valence-corrected chi connectivity index (χ1v) is 7.70. The smallest absolute Gasteiger partial charge is 0.112 e. The molecule has 1 aromatic heterocycles. The molecule has 0 saturated heterocycles. The summed E-state index contributed by atoms with van der Waals surface area (Å²) in [5.74, 6) is 0.683. The summed E-state index contributed by atoms with van der Waals surface area (Å²) < 4.78 is 0. The van der Waals surface area contributed by atoms with Gasteiger partial charge in [-0.1, -0.05) is 13.3 Å². The Balaban J connectivity index is 2.27. The van der Waals surface area contributed by atoms with Crippen LogP contribution in [0.25, 0.3) is 0 Å². The van der Waals surface area contributed by atoms with E-state index in [0.29, 0.717) is 12.0 Å². The third-order valence-corrected chi connectivity index (χ3v) is 4.31. The summed E-state index contributed by atoms with van der Waals surface area (Å²) in [7, 11) is 0. The second-order valence-corrected chi connectivity index (χ2v) is 6.75.